The molecule has 5 nitrogen and oxygen atoms in total. The Morgan fingerprint density at radius 2 is 1.90 bits per heavy atom. The average Bonchev–Trinajstić information content (AvgIpc) is 2.43. The lowest BCUT2D eigenvalue weighted by Crippen LogP contribution is -2.47. The SMILES string of the molecule is COCCC(NC(=O)C(C)(C)Cc1ccccc1)C(=O)O. The number of carboxylic acids is 1. The summed E-state index contributed by atoms with van der Waals surface area (Å²) in [7, 11) is 1.50. The standard InChI is InChI=1S/C16H23NO4/c1-16(2,11-12-7-5-4-6-8-12)15(20)17-13(14(18)19)9-10-21-3/h4-8,13H,9-11H2,1-3H3,(H,17,20)(H,18,19). The van der Waals surface area contributed by atoms with Crippen LogP contribution in [0.4, 0.5) is 0 Å². The van der Waals surface area contributed by atoms with E-state index < -0.39 is 17.4 Å². The van der Waals surface area contributed by atoms with Gasteiger partial charge in [0.2, 0.25) is 5.91 Å². The Labute approximate surface area is 125 Å². The largest absolute Gasteiger partial charge is 0.480 e. The molecule has 1 unspecified atom stereocenters. The van der Waals surface area contributed by atoms with Crippen molar-refractivity contribution in [1.82, 2.24) is 5.32 Å². The van der Waals surface area contributed by atoms with Gasteiger partial charge < -0.3 is 15.2 Å². The maximum Gasteiger partial charge on any atom is 0.326 e. The summed E-state index contributed by atoms with van der Waals surface area (Å²) in [4.78, 5) is 23.5. The van der Waals surface area contributed by atoms with Crippen LogP contribution in [0.2, 0.25) is 0 Å². The number of benzene rings is 1. The van der Waals surface area contributed by atoms with Crippen molar-refractivity contribution in [3.05, 3.63) is 35.9 Å². The fourth-order valence-corrected chi connectivity index (χ4v) is 2.03. The minimum atomic E-state index is -1.05. The number of nitrogens with one attached hydrogen (secondary N) is 1. The maximum atomic E-state index is 12.3. The molecule has 0 heterocycles. The van der Waals surface area contributed by atoms with Crippen molar-refractivity contribution in [2.24, 2.45) is 5.41 Å². The first kappa shape index (κ1) is 17.2. The topological polar surface area (TPSA) is 75.6 Å². The van der Waals surface area contributed by atoms with Crippen LogP contribution in [0.1, 0.15) is 25.8 Å². The quantitative estimate of drug-likeness (QED) is 0.767. The monoisotopic (exact) mass is 293 g/mol. The van der Waals surface area contributed by atoms with Crippen molar-refractivity contribution in [1.29, 1.82) is 0 Å². The maximum absolute atomic E-state index is 12.3. The fourth-order valence-electron chi connectivity index (χ4n) is 2.03. The van der Waals surface area contributed by atoms with Crippen LogP contribution in [0.15, 0.2) is 30.3 Å². The van der Waals surface area contributed by atoms with Crippen molar-refractivity contribution in [3.8, 4) is 0 Å². The Kier molecular flexibility index (Phi) is 6.37. The molecule has 0 aromatic heterocycles. The molecule has 2 N–H and O–H groups in total. The summed E-state index contributed by atoms with van der Waals surface area (Å²) in [6, 6.07) is 8.74. The average molecular weight is 293 g/mol. The van der Waals surface area contributed by atoms with Gasteiger partial charge in [-0.1, -0.05) is 44.2 Å². The van der Waals surface area contributed by atoms with E-state index in [4.69, 9.17) is 9.84 Å². The van der Waals surface area contributed by atoms with Crippen molar-refractivity contribution in [3.63, 3.8) is 0 Å². The number of carbonyl (C=O) groups excluding carboxylic acids is 1. The number of carboxylic acid groups (broad SMARTS) is 1. The smallest absolute Gasteiger partial charge is 0.326 e. The predicted molar refractivity (Wildman–Crippen MR) is 80.0 cm³/mol. The fraction of sp³-hybridized carbons (Fsp3) is 0.500. The van der Waals surface area contributed by atoms with E-state index in [0.717, 1.165) is 5.56 Å². The third-order valence-corrected chi connectivity index (χ3v) is 3.32. The molecule has 0 saturated carbocycles. The molecular weight excluding hydrogens is 270 g/mol. The zero-order valence-electron chi connectivity index (χ0n) is 12.8. The van der Waals surface area contributed by atoms with Gasteiger partial charge in [-0.05, 0) is 12.0 Å². The zero-order chi connectivity index (χ0) is 15.9. The van der Waals surface area contributed by atoms with E-state index in [2.05, 4.69) is 5.32 Å². The minimum Gasteiger partial charge on any atom is -0.480 e. The molecule has 1 aromatic rings. The van der Waals surface area contributed by atoms with Gasteiger partial charge in [-0.25, -0.2) is 4.79 Å². The summed E-state index contributed by atoms with van der Waals surface area (Å²) in [5.74, 6) is -1.31. The van der Waals surface area contributed by atoms with Crippen LogP contribution in [0.25, 0.3) is 0 Å². The van der Waals surface area contributed by atoms with Gasteiger partial charge in [-0.2, -0.15) is 0 Å². The second kappa shape index (κ2) is 7.78. The van der Waals surface area contributed by atoms with Crippen LogP contribution < -0.4 is 5.32 Å². The third-order valence-electron chi connectivity index (χ3n) is 3.32. The van der Waals surface area contributed by atoms with E-state index >= 15 is 0 Å². The third kappa shape index (κ3) is 5.55. The van der Waals surface area contributed by atoms with Crippen LogP contribution in [0, 0.1) is 5.41 Å². The van der Waals surface area contributed by atoms with Crippen LogP contribution in [-0.4, -0.2) is 36.7 Å². The number of hydrogen-bond donors (Lipinski definition) is 2. The van der Waals surface area contributed by atoms with Gasteiger partial charge in [-0.3, -0.25) is 4.79 Å². The van der Waals surface area contributed by atoms with Crippen LogP contribution in [0.5, 0.6) is 0 Å². The van der Waals surface area contributed by atoms with Gasteiger partial charge in [-0.15, -0.1) is 0 Å². The summed E-state index contributed by atoms with van der Waals surface area (Å²) < 4.78 is 4.87. The summed E-state index contributed by atoms with van der Waals surface area (Å²) >= 11 is 0. The van der Waals surface area contributed by atoms with E-state index in [9.17, 15) is 9.59 Å². The van der Waals surface area contributed by atoms with Gasteiger partial charge in [0.25, 0.3) is 0 Å². The van der Waals surface area contributed by atoms with Crippen molar-refractivity contribution in [2.75, 3.05) is 13.7 Å². The second-order valence-corrected chi connectivity index (χ2v) is 5.69. The van der Waals surface area contributed by atoms with E-state index in [0.29, 0.717) is 6.42 Å². The normalized spacial score (nSPS) is 12.7. The Balaban J connectivity index is 2.68. The number of amides is 1. The van der Waals surface area contributed by atoms with Crippen LogP contribution in [-0.2, 0) is 20.7 Å². The number of methoxy groups -OCH3 is 1. The summed E-state index contributed by atoms with van der Waals surface area (Å²) in [6.45, 7) is 3.91. The molecule has 21 heavy (non-hydrogen) atoms. The van der Waals surface area contributed by atoms with Crippen molar-refractivity contribution >= 4 is 11.9 Å². The summed E-state index contributed by atoms with van der Waals surface area (Å²) in [5.41, 5.74) is 0.365. The highest BCUT2D eigenvalue weighted by molar-refractivity contribution is 5.87. The molecule has 5 heteroatoms. The lowest BCUT2D eigenvalue weighted by molar-refractivity contribution is -0.144. The first-order chi connectivity index (χ1) is 9.86. The molecule has 0 saturated heterocycles. The second-order valence-electron chi connectivity index (χ2n) is 5.69. The minimum absolute atomic E-state index is 0.249. The zero-order valence-corrected chi connectivity index (χ0v) is 12.8. The lowest BCUT2D eigenvalue weighted by Gasteiger charge is -2.26. The Morgan fingerprint density at radius 1 is 1.29 bits per heavy atom. The molecule has 0 aliphatic rings. The molecule has 0 aliphatic heterocycles. The number of ether oxygens (including phenoxy) is 1. The molecule has 116 valence electrons. The van der Waals surface area contributed by atoms with Crippen LogP contribution >= 0.6 is 0 Å². The molecule has 0 spiro atoms. The number of aliphatic carboxylic acids is 1. The highest BCUT2D eigenvalue weighted by Gasteiger charge is 2.31. The van der Waals surface area contributed by atoms with Gasteiger partial charge in [0.1, 0.15) is 6.04 Å². The van der Waals surface area contributed by atoms with E-state index in [1.54, 1.807) is 0 Å². The highest BCUT2D eigenvalue weighted by atomic mass is 16.5. The van der Waals surface area contributed by atoms with Gasteiger partial charge in [0, 0.05) is 25.6 Å². The number of hydrogen-bond acceptors (Lipinski definition) is 3. The molecule has 0 radical (unpaired) electrons. The number of carbonyl (C=O) groups is 2. The summed E-state index contributed by atoms with van der Waals surface area (Å²) in [6.07, 6.45) is 0.801. The number of rotatable bonds is 8. The van der Waals surface area contributed by atoms with E-state index in [1.165, 1.54) is 7.11 Å². The van der Waals surface area contributed by atoms with Crippen LogP contribution in [0.3, 0.4) is 0 Å². The van der Waals surface area contributed by atoms with Crippen molar-refractivity contribution in [2.45, 2.75) is 32.7 Å². The van der Waals surface area contributed by atoms with E-state index in [1.807, 2.05) is 44.2 Å². The van der Waals surface area contributed by atoms with Gasteiger partial charge in [0.15, 0.2) is 0 Å². The Bertz CT molecular complexity index is 470. The highest BCUT2D eigenvalue weighted by Crippen LogP contribution is 2.22. The Morgan fingerprint density at radius 3 is 2.43 bits per heavy atom. The predicted octanol–water partition coefficient (Wildman–Crippen LogP) is 1.86. The molecule has 0 bridgehead atoms. The lowest BCUT2D eigenvalue weighted by atomic mass is 9.84. The molecular formula is C16H23NO4. The van der Waals surface area contributed by atoms with Crippen molar-refractivity contribution < 1.29 is 19.4 Å². The first-order valence-corrected chi connectivity index (χ1v) is 6.93. The van der Waals surface area contributed by atoms with Gasteiger partial charge >= 0.3 is 5.97 Å². The Hall–Kier alpha value is -1.88. The molecule has 0 fully saturated rings. The molecule has 1 rings (SSSR count). The molecule has 1 aromatic carbocycles. The summed E-state index contributed by atoms with van der Waals surface area (Å²) in [5, 5.41) is 11.7. The molecule has 0 aliphatic carbocycles. The first-order valence-electron chi connectivity index (χ1n) is 6.93. The van der Waals surface area contributed by atoms with Gasteiger partial charge in [0.05, 0.1) is 0 Å². The van der Waals surface area contributed by atoms with E-state index in [-0.39, 0.29) is 18.9 Å². The molecule has 1 amide bonds. The molecule has 1 atom stereocenters.